The first-order valence-corrected chi connectivity index (χ1v) is 10.6. The fourth-order valence-corrected chi connectivity index (χ4v) is 4.93. The normalized spacial score (nSPS) is 20.1. The van der Waals surface area contributed by atoms with E-state index in [1.54, 1.807) is 11.3 Å². The lowest BCUT2D eigenvalue weighted by Gasteiger charge is -2.37. The molecule has 4 rings (SSSR count). The van der Waals surface area contributed by atoms with E-state index in [2.05, 4.69) is 41.0 Å². The Morgan fingerprint density at radius 3 is 2.52 bits per heavy atom. The van der Waals surface area contributed by atoms with Crippen molar-refractivity contribution in [3.8, 4) is 0 Å². The van der Waals surface area contributed by atoms with Gasteiger partial charge in [0.15, 0.2) is 0 Å². The largest absolute Gasteiger partial charge is 0.369 e. The number of para-hydroxylation sites is 1. The number of carbonyl (C=O) groups is 2. The Morgan fingerprint density at radius 2 is 1.81 bits per heavy atom. The second-order valence-electron chi connectivity index (χ2n) is 6.66. The molecule has 0 unspecified atom stereocenters. The van der Waals surface area contributed by atoms with Crippen LogP contribution in [0.25, 0.3) is 6.08 Å². The van der Waals surface area contributed by atoms with Crippen LogP contribution in [0.1, 0.15) is 10.4 Å². The van der Waals surface area contributed by atoms with Crippen LogP contribution in [0.2, 0.25) is 0 Å². The van der Waals surface area contributed by atoms with Crippen LogP contribution in [0.4, 0.5) is 10.5 Å². The molecule has 0 aliphatic carbocycles. The zero-order valence-electron chi connectivity index (χ0n) is 15.1. The Morgan fingerprint density at radius 1 is 1.04 bits per heavy atom. The molecule has 2 aromatic rings. The molecular formula is C20H21N3O2S2. The van der Waals surface area contributed by atoms with Gasteiger partial charge >= 0.3 is 0 Å². The smallest absolute Gasteiger partial charge is 0.294 e. The molecule has 140 valence electrons. The number of aryl methyl sites for hydroxylation is 1. The predicted octanol–water partition coefficient (Wildman–Crippen LogP) is 3.87. The summed E-state index contributed by atoms with van der Waals surface area (Å²) in [5, 5.41) is 1.79. The van der Waals surface area contributed by atoms with Crippen molar-refractivity contribution in [1.82, 2.24) is 9.80 Å². The third-order valence-corrected chi connectivity index (χ3v) is 6.59. The Kier molecular flexibility index (Phi) is 5.33. The summed E-state index contributed by atoms with van der Waals surface area (Å²) in [6.45, 7) is 5.95. The average Bonchev–Trinajstić information content (AvgIpc) is 3.27. The van der Waals surface area contributed by atoms with Crippen molar-refractivity contribution in [2.24, 2.45) is 0 Å². The Bertz CT molecular complexity index is 871. The number of rotatable bonds is 4. The van der Waals surface area contributed by atoms with Crippen LogP contribution >= 0.6 is 23.1 Å². The van der Waals surface area contributed by atoms with Gasteiger partial charge in [-0.1, -0.05) is 24.3 Å². The Labute approximate surface area is 167 Å². The van der Waals surface area contributed by atoms with Crippen LogP contribution in [-0.2, 0) is 4.79 Å². The third kappa shape index (κ3) is 3.95. The molecule has 0 atom stereocenters. The quantitative estimate of drug-likeness (QED) is 0.730. The molecule has 2 fully saturated rings. The molecule has 7 heteroatoms. The number of benzene rings is 1. The number of imide groups is 1. The van der Waals surface area contributed by atoms with E-state index >= 15 is 0 Å². The van der Waals surface area contributed by atoms with Gasteiger partial charge in [0.25, 0.3) is 11.1 Å². The molecule has 1 aromatic heterocycles. The third-order valence-electron chi connectivity index (χ3n) is 4.86. The van der Waals surface area contributed by atoms with Crippen molar-refractivity contribution in [2.75, 3.05) is 37.7 Å². The summed E-state index contributed by atoms with van der Waals surface area (Å²) >= 11 is 2.60. The molecule has 27 heavy (non-hydrogen) atoms. The number of hydrogen-bond acceptors (Lipinski definition) is 6. The van der Waals surface area contributed by atoms with E-state index in [9.17, 15) is 9.59 Å². The van der Waals surface area contributed by atoms with E-state index < -0.39 is 0 Å². The number of thiophene rings is 1. The maximum absolute atomic E-state index is 12.6. The fraction of sp³-hybridized carbons (Fsp3) is 0.300. The highest BCUT2D eigenvalue weighted by Gasteiger charge is 2.36. The topological polar surface area (TPSA) is 43.9 Å². The van der Waals surface area contributed by atoms with Crippen LogP contribution < -0.4 is 4.90 Å². The molecule has 2 aliphatic heterocycles. The highest BCUT2D eigenvalue weighted by atomic mass is 32.2. The minimum Gasteiger partial charge on any atom is -0.369 e. The number of amides is 2. The summed E-state index contributed by atoms with van der Waals surface area (Å²) in [5.41, 5.74) is 2.54. The van der Waals surface area contributed by atoms with Crippen molar-refractivity contribution in [3.63, 3.8) is 0 Å². The van der Waals surface area contributed by atoms with Gasteiger partial charge in [-0.15, -0.1) is 11.3 Å². The van der Waals surface area contributed by atoms with Crippen LogP contribution in [0.3, 0.4) is 0 Å². The number of piperazine rings is 1. The van der Waals surface area contributed by atoms with E-state index in [1.165, 1.54) is 16.2 Å². The van der Waals surface area contributed by atoms with Crippen molar-refractivity contribution in [1.29, 1.82) is 0 Å². The summed E-state index contributed by atoms with van der Waals surface area (Å²) in [5.74, 6) is -0.181. The number of hydrogen-bond donors (Lipinski definition) is 0. The summed E-state index contributed by atoms with van der Waals surface area (Å²) < 4.78 is 0. The molecule has 0 spiro atoms. The van der Waals surface area contributed by atoms with Gasteiger partial charge in [0, 0.05) is 36.7 Å². The van der Waals surface area contributed by atoms with Crippen molar-refractivity contribution in [3.05, 3.63) is 57.1 Å². The van der Waals surface area contributed by atoms with Crippen LogP contribution in [0.15, 0.2) is 46.7 Å². The Hall–Kier alpha value is -2.09. The molecule has 5 nitrogen and oxygen atoms in total. The molecule has 0 bridgehead atoms. The zero-order valence-corrected chi connectivity index (χ0v) is 16.8. The number of anilines is 1. The molecule has 0 radical (unpaired) electrons. The van der Waals surface area contributed by atoms with Crippen molar-refractivity contribution < 1.29 is 9.59 Å². The second-order valence-corrected chi connectivity index (χ2v) is 8.63. The van der Waals surface area contributed by atoms with Gasteiger partial charge in [-0.25, -0.2) is 0 Å². The van der Waals surface area contributed by atoms with Gasteiger partial charge in [-0.05, 0) is 47.8 Å². The van der Waals surface area contributed by atoms with Gasteiger partial charge < -0.3 is 4.90 Å². The Balaban J connectivity index is 1.37. The molecule has 0 N–H and O–H groups in total. The summed E-state index contributed by atoms with van der Waals surface area (Å²) in [4.78, 5) is 32.4. The lowest BCUT2D eigenvalue weighted by molar-refractivity contribution is -0.124. The van der Waals surface area contributed by atoms with Crippen LogP contribution in [0, 0.1) is 6.92 Å². The SMILES string of the molecule is Cc1ccccc1N1CCN(CN2C(=O)SC(=Cc3cccs3)C2=O)CC1. The predicted molar refractivity (Wildman–Crippen MR) is 112 cm³/mol. The summed E-state index contributed by atoms with van der Waals surface area (Å²) in [6.07, 6.45) is 1.81. The van der Waals surface area contributed by atoms with E-state index in [4.69, 9.17) is 0 Å². The second kappa shape index (κ2) is 7.88. The zero-order chi connectivity index (χ0) is 18.8. The molecule has 2 aliphatic rings. The average molecular weight is 400 g/mol. The lowest BCUT2D eigenvalue weighted by atomic mass is 10.1. The van der Waals surface area contributed by atoms with E-state index in [0.717, 1.165) is 42.8 Å². The lowest BCUT2D eigenvalue weighted by Crippen LogP contribution is -2.51. The number of thioether (sulfide) groups is 1. The minimum absolute atomic E-state index is 0.177. The van der Waals surface area contributed by atoms with E-state index in [1.807, 2.05) is 23.6 Å². The van der Waals surface area contributed by atoms with Gasteiger partial charge in [0.1, 0.15) is 0 Å². The van der Waals surface area contributed by atoms with Gasteiger partial charge in [-0.2, -0.15) is 0 Å². The maximum Gasteiger partial charge on any atom is 0.294 e. The number of nitrogens with zero attached hydrogens (tertiary/aromatic N) is 3. The summed E-state index contributed by atoms with van der Waals surface area (Å²) in [6, 6.07) is 12.3. The van der Waals surface area contributed by atoms with Gasteiger partial charge in [0.05, 0.1) is 11.6 Å². The first-order valence-electron chi connectivity index (χ1n) is 8.93. The molecule has 1 aromatic carbocycles. The molecule has 0 saturated carbocycles. The van der Waals surface area contributed by atoms with E-state index in [-0.39, 0.29) is 11.1 Å². The van der Waals surface area contributed by atoms with Gasteiger partial charge in [0.2, 0.25) is 0 Å². The fourth-order valence-electron chi connectivity index (χ4n) is 3.37. The van der Waals surface area contributed by atoms with Crippen molar-refractivity contribution >= 4 is 46.0 Å². The van der Waals surface area contributed by atoms with Crippen LogP contribution in [-0.4, -0.2) is 53.8 Å². The first-order chi connectivity index (χ1) is 13.1. The highest BCUT2D eigenvalue weighted by Crippen LogP contribution is 2.33. The van der Waals surface area contributed by atoms with E-state index in [0.29, 0.717) is 11.6 Å². The first kappa shape index (κ1) is 18.3. The van der Waals surface area contributed by atoms with Gasteiger partial charge in [-0.3, -0.25) is 19.4 Å². The standard InChI is InChI=1S/C20H21N3O2S2/c1-15-5-2-3-7-17(15)22-10-8-21(9-11-22)14-23-19(24)18(27-20(23)25)13-16-6-4-12-26-16/h2-7,12-13H,8-11,14H2,1H3. The highest BCUT2D eigenvalue weighted by molar-refractivity contribution is 8.18. The monoisotopic (exact) mass is 399 g/mol. The summed E-state index contributed by atoms with van der Waals surface area (Å²) in [7, 11) is 0. The number of carbonyl (C=O) groups excluding carboxylic acids is 2. The maximum atomic E-state index is 12.6. The minimum atomic E-state index is -0.181. The molecule has 2 amide bonds. The van der Waals surface area contributed by atoms with Crippen molar-refractivity contribution in [2.45, 2.75) is 6.92 Å². The molecule has 2 saturated heterocycles. The molecular weight excluding hydrogens is 378 g/mol. The van der Waals surface area contributed by atoms with Crippen LogP contribution in [0.5, 0.6) is 0 Å². The molecule has 3 heterocycles.